The zero-order valence-corrected chi connectivity index (χ0v) is 12.5. The first-order valence-electron chi connectivity index (χ1n) is 6.48. The molecule has 1 aromatic carbocycles. The molecular formula is C15H27N3. The summed E-state index contributed by atoms with van der Waals surface area (Å²) in [5, 5.41) is 0. The lowest BCUT2D eigenvalue weighted by Gasteiger charge is -2.40. The van der Waals surface area contributed by atoms with Gasteiger partial charge in [0.25, 0.3) is 0 Å². The number of likely N-dealkylation sites (N-methyl/N-ethyl adjacent to an activating group) is 1. The summed E-state index contributed by atoms with van der Waals surface area (Å²) in [5.41, 5.74) is 6.93. The van der Waals surface area contributed by atoms with Crippen LogP contribution in [0, 0.1) is 13.8 Å². The minimum absolute atomic E-state index is 0.00635. The molecular weight excluding hydrogens is 222 g/mol. The van der Waals surface area contributed by atoms with Crippen LogP contribution in [0.15, 0.2) is 18.2 Å². The topological polar surface area (TPSA) is 41.3 Å². The van der Waals surface area contributed by atoms with Crippen LogP contribution in [0.5, 0.6) is 0 Å². The number of nitrogens with zero attached hydrogens (tertiary/aromatic N) is 1. The van der Waals surface area contributed by atoms with Gasteiger partial charge in [-0.05, 0) is 53.8 Å². The SMILES string of the molecule is Cc1cc(C)cc(CC(NN)C(C)(C)N(C)C)c1. The highest BCUT2D eigenvalue weighted by Crippen LogP contribution is 2.20. The van der Waals surface area contributed by atoms with Gasteiger partial charge in [0.2, 0.25) is 0 Å². The van der Waals surface area contributed by atoms with Gasteiger partial charge >= 0.3 is 0 Å². The minimum Gasteiger partial charge on any atom is -0.303 e. The average Bonchev–Trinajstić information content (AvgIpc) is 2.24. The van der Waals surface area contributed by atoms with Crippen LogP contribution in [0.3, 0.4) is 0 Å². The molecule has 1 atom stereocenters. The van der Waals surface area contributed by atoms with Gasteiger partial charge in [-0.1, -0.05) is 29.3 Å². The van der Waals surface area contributed by atoms with Crippen LogP contribution in [0.4, 0.5) is 0 Å². The summed E-state index contributed by atoms with van der Waals surface area (Å²) < 4.78 is 0. The Morgan fingerprint density at radius 2 is 1.67 bits per heavy atom. The van der Waals surface area contributed by atoms with E-state index in [4.69, 9.17) is 5.84 Å². The van der Waals surface area contributed by atoms with E-state index in [1.165, 1.54) is 16.7 Å². The Hall–Kier alpha value is -0.900. The number of hydrogen-bond acceptors (Lipinski definition) is 3. The van der Waals surface area contributed by atoms with Gasteiger partial charge in [0.15, 0.2) is 0 Å². The zero-order chi connectivity index (χ0) is 13.9. The number of nitrogens with one attached hydrogen (secondary N) is 1. The third-order valence-electron chi connectivity index (χ3n) is 3.93. The molecule has 0 radical (unpaired) electrons. The number of nitrogens with two attached hydrogens (primary N) is 1. The maximum absolute atomic E-state index is 5.74. The highest BCUT2D eigenvalue weighted by atomic mass is 15.3. The van der Waals surface area contributed by atoms with Crippen LogP contribution in [0.1, 0.15) is 30.5 Å². The van der Waals surface area contributed by atoms with Crippen LogP contribution in [0.25, 0.3) is 0 Å². The van der Waals surface area contributed by atoms with E-state index in [2.05, 4.69) is 70.3 Å². The van der Waals surface area contributed by atoms with Crippen LogP contribution in [0.2, 0.25) is 0 Å². The normalized spacial score (nSPS) is 14.0. The fraction of sp³-hybridized carbons (Fsp3) is 0.600. The molecule has 0 aliphatic carbocycles. The van der Waals surface area contributed by atoms with Crippen molar-refractivity contribution in [1.82, 2.24) is 10.3 Å². The first kappa shape index (κ1) is 15.2. The van der Waals surface area contributed by atoms with Gasteiger partial charge in [-0.15, -0.1) is 0 Å². The number of rotatable bonds is 5. The van der Waals surface area contributed by atoms with E-state index in [-0.39, 0.29) is 11.6 Å². The quantitative estimate of drug-likeness (QED) is 0.619. The summed E-state index contributed by atoms with van der Waals surface area (Å²) >= 11 is 0. The molecule has 1 rings (SSSR count). The maximum Gasteiger partial charge on any atom is 0.0429 e. The zero-order valence-electron chi connectivity index (χ0n) is 12.5. The highest BCUT2D eigenvalue weighted by Gasteiger charge is 2.30. The molecule has 0 aliphatic heterocycles. The predicted molar refractivity (Wildman–Crippen MR) is 78.5 cm³/mol. The van der Waals surface area contributed by atoms with E-state index >= 15 is 0 Å². The van der Waals surface area contributed by atoms with Gasteiger partial charge in [-0.2, -0.15) is 0 Å². The lowest BCUT2D eigenvalue weighted by molar-refractivity contribution is 0.137. The summed E-state index contributed by atoms with van der Waals surface area (Å²) in [6.07, 6.45) is 0.935. The van der Waals surface area contributed by atoms with Crippen molar-refractivity contribution in [2.75, 3.05) is 14.1 Å². The van der Waals surface area contributed by atoms with Gasteiger partial charge in [0, 0.05) is 11.6 Å². The first-order chi connectivity index (χ1) is 8.27. The summed E-state index contributed by atoms with van der Waals surface area (Å²) in [5.74, 6) is 5.74. The Morgan fingerprint density at radius 3 is 2.06 bits per heavy atom. The highest BCUT2D eigenvalue weighted by molar-refractivity contribution is 5.29. The third-order valence-corrected chi connectivity index (χ3v) is 3.93. The number of hydrogen-bond donors (Lipinski definition) is 2. The number of aryl methyl sites for hydroxylation is 2. The second-order valence-corrected chi connectivity index (χ2v) is 5.97. The van der Waals surface area contributed by atoms with E-state index < -0.39 is 0 Å². The van der Waals surface area contributed by atoms with Gasteiger partial charge in [0.1, 0.15) is 0 Å². The lowest BCUT2D eigenvalue weighted by atomic mass is 9.88. The summed E-state index contributed by atoms with van der Waals surface area (Å²) in [4.78, 5) is 2.21. The Labute approximate surface area is 111 Å². The monoisotopic (exact) mass is 249 g/mol. The van der Waals surface area contributed by atoms with Crippen molar-refractivity contribution < 1.29 is 0 Å². The molecule has 0 fully saturated rings. The average molecular weight is 249 g/mol. The van der Waals surface area contributed by atoms with Gasteiger partial charge in [-0.3, -0.25) is 11.3 Å². The molecule has 0 bridgehead atoms. The molecule has 0 heterocycles. The van der Waals surface area contributed by atoms with Crippen LogP contribution >= 0.6 is 0 Å². The first-order valence-corrected chi connectivity index (χ1v) is 6.48. The Balaban J connectivity index is 2.92. The van der Waals surface area contributed by atoms with Crippen LogP contribution < -0.4 is 11.3 Å². The smallest absolute Gasteiger partial charge is 0.0429 e. The predicted octanol–water partition coefficient (Wildman–Crippen LogP) is 2.02. The standard InChI is InChI=1S/C15H27N3/c1-11-7-12(2)9-13(8-11)10-14(17-16)15(3,4)18(5)6/h7-9,14,17H,10,16H2,1-6H3. The van der Waals surface area contributed by atoms with E-state index in [0.717, 1.165) is 6.42 Å². The molecule has 0 spiro atoms. The lowest BCUT2D eigenvalue weighted by Crippen LogP contribution is -2.58. The Morgan fingerprint density at radius 1 is 1.17 bits per heavy atom. The number of benzene rings is 1. The van der Waals surface area contributed by atoms with Crippen molar-refractivity contribution in [3.8, 4) is 0 Å². The van der Waals surface area contributed by atoms with Crippen molar-refractivity contribution >= 4 is 0 Å². The van der Waals surface area contributed by atoms with E-state index in [1.807, 2.05) is 0 Å². The van der Waals surface area contributed by atoms with Crippen molar-refractivity contribution in [3.63, 3.8) is 0 Å². The molecule has 0 saturated heterocycles. The summed E-state index contributed by atoms with van der Waals surface area (Å²) in [6.45, 7) is 8.69. The van der Waals surface area contributed by atoms with Gasteiger partial charge in [0.05, 0.1) is 0 Å². The minimum atomic E-state index is 0.00635. The van der Waals surface area contributed by atoms with Crippen LogP contribution in [-0.2, 0) is 6.42 Å². The van der Waals surface area contributed by atoms with E-state index in [9.17, 15) is 0 Å². The molecule has 0 aromatic heterocycles. The fourth-order valence-electron chi connectivity index (χ4n) is 2.25. The fourth-order valence-corrected chi connectivity index (χ4v) is 2.25. The molecule has 102 valence electrons. The molecule has 1 aromatic rings. The van der Waals surface area contributed by atoms with E-state index in [0.29, 0.717) is 0 Å². The molecule has 3 heteroatoms. The van der Waals surface area contributed by atoms with Crippen molar-refractivity contribution in [1.29, 1.82) is 0 Å². The second-order valence-electron chi connectivity index (χ2n) is 5.97. The molecule has 1 unspecified atom stereocenters. The van der Waals surface area contributed by atoms with Crippen LogP contribution in [-0.4, -0.2) is 30.6 Å². The Bertz CT molecular complexity index is 376. The van der Waals surface area contributed by atoms with Crippen molar-refractivity contribution in [2.45, 2.75) is 45.7 Å². The second kappa shape index (κ2) is 5.83. The molecule has 0 aliphatic rings. The number of hydrazine groups is 1. The Kier molecular flexibility index (Phi) is 4.91. The van der Waals surface area contributed by atoms with Gasteiger partial charge in [-0.25, -0.2) is 0 Å². The molecule has 3 nitrogen and oxygen atoms in total. The summed E-state index contributed by atoms with van der Waals surface area (Å²) in [6, 6.07) is 6.89. The molecule has 0 amide bonds. The molecule has 0 saturated carbocycles. The molecule has 18 heavy (non-hydrogen) atoms. The summed E-state index contributed by atoms with van der Waals surface area (Å²) in [7, 11) is 4.18. The molecule has 3 N–H and O–H groups in total. The van der Waals surface area contributed by atoms with E-state index in [1.54, 1.807) is 0 Å². The maximum atomic E-state index is 5.74. The van der Waals surface area contributed by atoms with Gasteiger partial charge < -0.3 is 4.90 Å². The third kappa shape index (κ3) is 3.55. The largest absolute Gasteiger partial charge is 0.303 e. The van der Waals surface area contributed by atoms with Crippen molar-refractivity contribution in [3.05, 3.63) is 34.9 Å². The van der Waals surface area contributed by atoms with Crippen molar-refractivity contribution in [2.24, 2.45) is 5.84 Å².